The summed E-state index contributed by atoms with van der Waals surface area (Å²) in [4.78, 5) is 54.5. The van der Waals surface area contributed by atoms with Gasteiger partial charge in [0.05, 0.1) is 45.2 Å². The number of carbonyl (C=O) groups is 4. The van der Waals surface area contributed by atoms with Crippen molar-refractivity contribution in [2.45, 2.75) is 56.4 Å². The highest BCUT2D eigenvalue weighted by Crippen LogP contribution is 2.50. The van der Waals surface area contributed by atoms with Crippen LogP contribution in [0.2, 0.25) is 5.02 Å². The molecule has 2 N–H and O–H groups in total. The van der Waals surface area contributed by atoms with Crippen molar-refractivity contribution in [1.29, 1.82) is 0 Å². The number of imide groups is 1. The number of rotatable bonds is 5. The molecule has 12 nitrogen and oxygen atoms in total. The van der Waals surface area contributed by atoms with Gasteiger partial charge in [0, 0.05) is 32.3 Å². The van der Waals surface area contributed by atoms with Gasteiger partial charge in [-0.05, 0) is 55.5 Å². The molecule has 0 bridgehead atoms. The number of carbonyl (C=O) groups excluding carboxylic acids is 4. The van der Waals surface area contributed by atoms with Crippen molar-refractivity contribution in [2.24, 2.45) is 5.92 Å². The van der Waals surface area contributed by atoms with Gasteiger partial charge in [-0.2, -0.15) is 18.3 Å². The number of benzene rings is 2. The minimum Gasteiger partial charge on any atom is -0.453 e. The number of halogens is 4. The normalized spacial score (nSPS) is 20.8. The lowest BCUT2D eigenvalue weighted by Crippen LogP contribution is -2.52. The van der Waals surface area contributed by atoms with Gasteiger partial charge in [-0.15, -0.1) is 0 Å². The van der Waals surface area contributed by atoms with Crippen LogP contribution in [0.25, 0.3) is 0 Å². The largest absolute Gasteiger partial charge is 0.453 e. The Balaban J connectivity index is 0.936. The molecular weight excluding hydrogens is 681 g/mol. The monoisotopic (exact) mass is 708 g/mol. The van der Waals surface area contributed by atoms with Gasteiger partial charge in [0.2, 0.25) is 18.6 Å². The summed E-state index contributed by atoms with van der Waals surface area (Å²) < 4.78 is 52.2. The van der Waals surface area contributed by atoms with E-state index < -0.39 is 35.1 Å². The second-order valence-corrected chi connectivity index (χ2v) is 13.4. The van der Waals surface area contributed by atoms with E-state index in [0.717, 1.165) is 35.9 Å². The third-order valence-electron chi connectivity index (χ3n) is 9.92. The highest BCUT2D eigenvalue weighted by Gasteiger charge is 2.47. The molecule has 0 radical (unpaired) electrons. The molecule has 1 aliphatic carbocycles. The van der Waals surface area contributed by atoms with Gasteiger partial charge in [0.25, 0.3) is 11.8 Å². The Kier molecular flexibility index (Phi) is 7.48. The number of piperidine rings is 1. The number of anilines is 2. The number of ether oxygens (including phenoxy) is 2. The van der Waals surface area contributed by atoms with E-state index in [-0.39, 0.29) is 54.6 Å². The lowest BCUT2D eigenvalue weighted by Gasteiger charge is -2.40. The van der Waals surface area contributed by atoms with Crippen LogP contribution in [-0.4, -0.2) is 64.2 Å². The Labute approximate surface area is 287 Å². The number of nitrogens with zero attached hydrogens (tertiary/aromatic N) is 4. The van der Waals surface area contributed by atoms with Crippen LogP contribution in [0.15, 0.2) is 36.7 Å². The van der Waals surface area contributed by atoms with Crippen molar-refractivity contribution >= 4 is 46.6 Å². The van der Waals surface area contributed by atoms with Crippen LogP contribution < -0.4 is 25.0 Å². The zero-order valence-electron chi connectivity index (χ0n) is 26.2. The van der Waals surface area contributed by atoms with E-state index in [0.29, 0.717) is 48.6 Å². The van der Waals surface area contributed by atoms with Crippen molar-refractivity contribution < 1.29 is 41.8 Å². The molecule has 1 unspecified atom stereocenters. The van der Waals surface area contributed by atoms with E-state index in [1.165, 1.54) is 4.90 Å². The number of hydrogen-bond donors (Lipinski definition) is 2. The predicted molar refractivity (Wildman–Crippen MR) is 170 cm³/mol. The molecule has 16 heteroatoms. The van der Waals surface area contributed by atoms with Crippen LogP contribution in [-0.2, 0) is 32.6 Å². The molecule has 4 aliphatic heterocycles. The van der Waals surface area contributed by atoms with Crippen LogP contribution in [0.5, 0.6) is 11.5 Å². The van der Waals surface area contributed by atoms with E-state index in [2.05, 4.69) is 32.5 Å². The number of fused-ring (bicyclic) bond motifs is 3. The molecule has 0 spiro atoms. The van der Waals surface area contributed by atoms with Gasteiger partial charge < -0.3 is 24.6 Å². The van der Waals surface area contributed by atoms with Crippen molar-refractivity contribution in [3.05, 3.63) is 63.9 Å². The topological polar surface area (TPSA) is 135 Å². The molecule has 4 amide bonds. The Bertz CT molecular complexity index is 2040. The highest BCUT2D eigenvalue weighted by molar-refractivity contribution is 6.33. The molecule has 3 fully saturated rings. The van der Waals surface area contributed by atoms with Crippen LogP contribution in [0, 0.1) is 17.8 Å². The molecule has 1 aromatic heterocycles. The maximum atomic E-state index is 13.4. The zero-order valence-corrected chi connectivity index (χ0v) is 27.0. The Morgan fingerprint density at radius 2 is 1.90 bits per heavy atom. The first-order chi connectivity index (χ1) is 23.9. The quantitative estimate of drug-likeness (QED) is 0.300. The average molecular weight is 709 g/mol. The SMILES string of the molecule is O=C1CCC(N2Cc3cc(N4CC(C#Cc5cnn(C6(C(=O)Nc7ccc(C(F)(F)F)cc7Cl)CCC6)c5)C4)c4c(c3C2=O)OCO4)C(=O)N1. The lowest BCUT2D eigenvalue weighted by atomic mass is 9.76. The highest BCUT2D eigenvalue weighted by atomic mass is 35.5. The average Bonchev–Trinajstić information content (AvgIpc) is 3.76. The molecule has 2 aromatic carbocycles. The van der Waals surface area contributed by atoms with Crippen LogP contribution in [0.4, 0.5) is 24.5 Å². The second kappa shape index (κ2) is 11.7. The number of hydrogen-bond acceptors (Lipinski definition) is 8. The maximum Gasteiger partial charge on any atom is 0.416 e. The molecule has 8 rings (SSSR count). The first-order valence-corrected chi connectivity index (χ1v) is 16.4. The lowest BCUT2D eigenvalue weighted by molar-refractivity contribution is -0.138. The first kappa shape index (κ1) is 32.0. The summed E-state index contributed by atoms with van der Waals surface area (Å²) in [5, 5.41) is 9.19. The van der Waals surface area contributed by atoms with E-state index in [1.807, 2.05) is 6.07 Å². The zero-order chi connectivity index (χ0) is 34.9. The van der Waals surface area contributed by atoms with Crippen LogP contribution in [0.1, 0.15) is 59.2 Å². The maximum absolute atomic E-state index is 13.4. The van der Waals surface area contributed by atoms with Crippen LogP contribution in [0.3, 0.4) is 0 Å². The fourth-order valence-electron chi connectivity index (χ4n) is 7.00. The van der Waals surface area contributed by atoms with Gasteiger partial charge in [-0.1, -0.05) is 23.4 Å². The molecule has 5 heterocycles. The number of nitrogens with one attached hydrogen (secondary N) is 2. The van der Waals surface area contributed by atoms with Gasteiger partial charge in [0.15, 0.2) is 11.5 Å². The number of amides is 4. The van der Waals surface area contributed by atoms with Gasteiger partial charge in [0.1, 0.15) is 11.6 Å². The standard InChI is InChI=1S/C34H28ClF3N6O6/c35-22-11-21(34(36,37)38)4-5-23(22)40-32(48)33(8-1-9-33)44-15-18(12-39-44)2-3-19-13-42(14-19)25-10-20-16-43(24-6-7-26(45)41-30(24)46)31(47)27(20)29-28(25)49-17-50-29/h4-5,10-12,15,19,24H,1,6-9,13-14,16-17H2,(H,40,48)(H,41,45,46). The first-order valence-electron chi connectivity index (χ1n) is 16.0. The van der Waals surface area contributed by atoms with E-state index in [4.69, 9.17) is 21.1 Å². The molecular formula is C34H28ClF3N6O6. The van der Waals surface area contributed by atoms with Crippen molar-refractivity contribution in [3.8, 4) is 23.3 Å². The van der Waals surface area contributed by atoms with E-state index in [9.17, 15) is 32.3 Å². The summed E-state index contributed by atoms with van der Waals surface area (Å²) in [6.45, 7) is 1.34. The molecule has 5 aliphatic rings. The van der Waals surface area contributed by atoms with Crippen molar-refractivity contribution in [3.63, 3.8) is 0 Å². The minimum atomic E-state index is -4.55. The predicted octanol–water partition coefficient (Wildman–Crippen LogP) is 4.05. The fourth-order valence-corrected chi connectivity index (χ4v) is 7.23. The Morgan fingerprint density at radius 3 is 2.60 bits per heavy atom. The van der Waals surface area contributed by atoms with Gasteiger partial charge in [-0.3, -0.25) is 29.2 Å². The third kappa shape index (κ3) is 5.29. The summed E-state index contributed by atoms with van der Waals surface area (Å²) in [7, 11) is 0. The summed E-state index contributed by atoms with van der Waals surface area (Å²) in [6, 6.07) is 3.94. The molecule has 3 aromatic rings. The molecule has 1 saturated carbocycles. The van der Waals surface area contributed by atoms with Crippen molar-refractivity contribution in [2.75, 3.05) is 30.1 Å². The number of alkyl halides is 3. The van der Waals surface area contributed by atoms with E-state index in [1.54, 1.807) is 17.1 Å². The summed E-state index contributed by atoms with van der Waals surface area (Å²) in [6.07, 6.45) is 0.904. The van der Waals surface area contributed by atoms with E-state index >= 15 is 0 Å². The smallest absolute Gasteiger partial charge is 0.416 e. The Hall–Kier alpha value is -5.23. The summed E-state index contributed by atoms with van der Waals surface area (Å²) in [5.74, 6) is 5.64. The molecule has 2 saturated heterocycles. The van der Waals surface area contributed by atoms with Gasteiger partial charge >= 0.3 is 6.18 Å². The summed E-state index contributed by atoms with van der Waals surface area (Å²) >= 11 is 6.07. The molecule has 50 heavy (non-hydrogen) atoms. The van der Waals surface area contributed by atoms with Crippen LogP contribution >= 0.6 is 11.6 Å². The number of aromatic nitrogens is 2. The van der Waals surface area contributed by atoms with Crippen molar-refractivity contribution in [1.82, 2.24) is 20.0 Å². The molecule has 1 atom stereocenters. The fraction of sp³-hybridized carbons (Fsp3) is 0.382. The second-order valence-electron chi connectivity index (χ2n) is 13.0. The Morgan fingerprint density at radius 1 is 1.12 bits per heavy atom. The summed E-state index contributed by atoms with van der Waals surface area (Å²) in [5.41, 5.74) is 0.641. The third-order valence-corrected chi connectivity index (χ3v) is 10.2. The minimum absolute atomic E-state index is 0.00829. The molecule has 258 valence electrons. The van der Waals surface area contributed by atoms with Gasteiger partial charge in [-0.25, -0.2) is 0 Å².